The minimum Gasteiger partial charge on any atom is -0.371 e. The van der Waals surface area contributed by atoms with Crippen molar-refractivity contribution in [2.75, 3.05) is 31.1 Å². The lowest BCUT2D eigenvalue weighted by atomic mass is 10.1. The van der Waals surface area contributed by atoms with E-state index in [1.807, 2.05) is 4.90 Å². The van der Waals surface area contributed by atoms with Gasteiger partial charge in [-0.05, 0) is 52.5 Å². The lowest BCUT2D eigenvalue weighted by Crippen LogP contribution is -2.39. The molecule has 2 heterocycles. The Bertz CT molecular complexity index is 846. The van der Waals surface area contributed by atoms with Crippen LogP contribution in [0.2, 0.25) is 0 Å². The molecule has 1 aromatic heterocycles. The Hall–Kier alpha value is -2.00. The van der Waals surface area contributed by atoms with Gasteiger partial charge in [0.25, 0.3) is 5.91 Å². The maximum absolute atomic E-state index is 13.4. The van der Waals surface area contributed by atoms with Gasteiger partial charge >= 0.3 is 0 Å². The molecule has 1 aliphatic heterocycles. The van der Waals surface area contributed by atoms with E-state index < -0.39 is 11.6 Å². The standard InChI is InChI=1S/C18H18BrF2N3O2S/c19-16-4-3-15(27-16)18(26)23-9-17(25)22-8-11-5-6-24(10-11)12-1-2-13(20)14(21)7-12/h1-4,7,11H,5-6,8-10H2,(H,22,25)(H,23,26)/t11-/m1/s1. The normalized spacial score (nSPS) is 16.4. The second-order valence-corrected chi connectivity index (χ2v) is 8.75. The summed E-state index contributed by atoms with van der Waals surface area (Å²) < 4.78 is 27.3. The fourth-order valence-electron chi connectivity index (χ4n) is 2.92. The molecule has 0 radical (unpaired) electrons. The van der Waals surface area contributed by atoms with Crippen LogP contribution in [0, 0.1) is 17.6 Å². The van der Waals surface area contributed by atoms with Crippen molar-refractivity contribution in [3.63, 3.8) is 0 Å². The number of amides is 2. The van der Waals surface area contributed by atoms with Gasteiger partial charge in [0.15, 0.2) is 11.6 Å². The van der Waals surface area contributed by atoms with Crippen LogP contribution in [0.3, 0.4) is 0 Å². The van der Waals surface area contributed by atoms with Gasteiger partial charge in [-0.1, -0.05) is 0 Å². The molecule has 2 aromatic rings. The second-order valence-electron chi connectivity index (χ2n) is 6.29. The SMILES string of the molecule is O=C(CNC(=O)c1ccc(Br)s1)NC[C@H]1CCN(c2ccc(F)c(F)c2)C1. The van der Waals surface area contributed by atoms with Crippen LogP contribution in [-0.2, 0) is 4.79 Å². The van der Waals surface area contributed by atoms with Crippen molar-refractivity contribution in [1.82, 2.24) is 10.6 Å². The minimum atomic E-state index is -0.863. The number of hydrogen-bond donors (Lipinski definition) is 2. The number of nitrogens with zero attached hydrogens (tertiary/aromatic N) is 1. The van der Waals surface area contributed by atoms with Crippen molar-refractivity contribution in [1.29, 1.82) is 0 Å². The third kappa shape index (κ3) is 5.26. The van der Waals surface area contributed by atoms with Crippen LogP contribution in [-0.4, -0.2) is 38.0 Å². The molecule has 0 unspecified atom stereocenters. The van der Waals surface area contributed by atoms with Gasteiger partial charge in [-0.2, -0.15) is 0 Å². The summed E-state index contributed by atoms with van der Waals surface area (Å²) in [6, 6.07) is 7.33. The van der Waals surface area contributed by atoms with Crippen molar-refractivity contribution < 1.29 is 18.4 Å². The fraction of sp³-hybridized carbons (Fsp3) is 0.333. The zero-order chi connectivity index (χ0) is 19.4. The summed E-state index contributed by atoms with van der Waals surface area (Å²) in [5, 5.41) is 5.39. The van der Waals surface area contributed by atoms with Crippen LogP contribution in [0.1, 0.15) is 16.1 Å². The molecule has 1 aliphatic rings. The van der Waals surface area contributed by atoms with Gasteiger partial charge in [0.05, 0.1) is 15.2 Å². The molecular formula is C18H18BrF2N3O2S. The smallest absolute Gasteiger partial charge is 0.261 e. The molecule has 5 nitrogen and oxygen atoms in total. The lowest BCUT2D eigenvalue weighted by molar-refractivity contribution is -0.120. The largest absolute Gasteiger partial charge is 0.371 e. The maximum atomic E-state index is 13.4. The molecule has 2 N–H and O–H groups in total. The van der Waals surface area contributed by atoms with E-state index in [9.17, 15) is 18.4 Å². The molecule has 1 saturated heterocycles. The Balaban J connectivity index is 1.40. The molecule has 144 valence electrons. The van der Waals surface area contributed by atoms with Gasteiger partial charge in [-0.3, -0.25) is 9.59 Å². The summed E-state index contributed by atoms with van der Waals surface area (Å²) in [6.07, 6.45) is 0.842. The van der Waals surface area contributed by atoms with Crippen molar-refractivity contribution in [3.05, 3.63) is 50.6 Å². The molecule has 1 atom stereocenters. The van der Waals surface area contributed by atoms with E-state index >= 15 is 0 Å². The average Bonchev–Trinajstić information content (AvgIpc) is 3.29. The number of halogens is 3. The number of thiophene rings is 1. The van der Waals surface area contributed by atoms with Crippen LogP contribution >= 0.6 is 27.3 Å². The first-order valence-electron chi connectivity index (χ1n) is 8.42. The fourth-order valence-corrected chi connectivity index (χ4v) is 4.22. The third-order valence-electron chi connectivity index (χ3n) is 4.35. The van der Waals surface area contributed by atoms with Crippen LogP contribution in [0.4, 0.5) is 14.5 Å². The Kier molecular flexibility index (Phi) is 6.43. The topological polar surface area (TPSA) is 61.4 Å². The number of nitrogens with one attached hydrogen (secondary N) is 2. The zero-order valence-electron chi connectivity index (χ0n) is 14.3. The van der Waals surface area contributed by atoms with E-state index in [0.29, 0.717) is 23.7 Å². The molecule has 0 saturated carbocycles. The predicted octanol–water partition coefficient (Wildman–Crippen LogP) is 3.16. The highest BCUT2D eigenvalue weighted by Crippen LogP contribution is 2.25. The number of benzene rings is 1. The summed E-state index contributed by atoms with van der Waals surface area (Å²) in [7, 11) is 0. The summed E-state index contributed by atoms with van der Waals surface area (Å²) in [5.41, 5.74) is 0.636. The van der Waals surface area contributed by atoms with Crippen molar-refractivity contribution >= 4 is 44.8 Å². The van der Waals surface area contributed by atoms with Crippen LogP contribution in [0.25, 0.3) is 0 Å². The van der Waals surface area contributed by atoms with Crippen molar-refractivity contribution in [2.45, 2.75) is 6.42 Å². The molecule has 1 aromatic carbocycles. The van der Waals surface area contributed by atoms with E-state index in [1.165, 1.54) is 17.4 Å². The number of hydrogen-bond acceptors (Lipinski definition) is 4. The highest BCUT2D eigenvalue weighted by molar-refractivity contribution is 9.11. The third-order valence-corrected chi connectivity index (χ3v) is 5.97. The maximum Gasteiger partial charge on any atom is 0.261 e. The van der Waals surface area contributed by atoms with E-state index in [-0.39, 0.29) is 24.3 Å². The molecule has 2 amide bonds. The van der Waals surface area contributed by atoms with Gasteiger partial charge in [0.1, 0.15) is 0 Å². The molecule has 0 aliphatic carbocycles. The van der Waals surface area contributed by atoms with E-state index in [0.717, 1.165) is 22.8 Å². The molecule has 0 bridgehead atoms. The number of rotatable bonds is 6. The highest BCUT2D eigenvalue weighted by Gasteiger charge is 2.24. The monoisotopic (exact) mass is 457 g/mol. The molecule has 0 spiro atoms. The minimum absolute atomic E-state index is 0.0893. The molecule has 27 heavy (non-hydrogen) atoms. The van der Waals surface area contributed by atoms with Crippen molar-refractivity contribution in [3.8, 4) is 0 Å². The highest BCUT2D eigenvalue weighted by atomic mass is 79.9. The Morgan fingerprint density at radius 1 is 1.19 bits per heavy atom. The molecule has 3 rings (SSSR count). The van der Waals surface area contributed by atoms with E-state index in [2.05, 4.69) is 26.6 Å². The summed E-state index contributed by atoms with van der Waals surface area (Å²) in [4.78, 5) is 26.3. The van der Waals surface area contributed by atoms with E-state index in [4.69, 9.17) is 0 Å². The lowest BCUT2D eigenvalue weighted by Gasteiger charge is -2.19. The first-order chi connectivity index (χ1) is 12.9. The van der Waals surface area contributed by atoms with Gasteiger partial charge in [-0.25, -0.2) is 8.78 Å². The van der Waals surface area contributed by atoms with E-state index in [1.54, 1.807) is 18.2 Å². The Morgan fingerprint density at radius 2 is 2.00 bits per heavy atom. The summed E-state index contributed by atoms with van der Waals surface area (Å²) in [6.45, 7) is 1.75. The Labute approximate surface area is 167 Å². The van der Waals surface area contributed by atoms with Gasteiger partial charge in [0.2, 0.25) is 5.91 Å². The zero-order valence-corrected chi connectivity index (χ0v) is 16.7. The summed E-state index contributed by atoms with van der Waals surface area (Å²) >= 11 is 4.59. The predicted molar refractivity (Wildman–Crippen MR) is 104 cm³/mol. The van der Waals surface area contributed by atoms with Gasteiger partial charge in [-0.15, -0.1) is 11.3 Å². The van der Waals surface area contributed by atoms with Gasteiger partial charge < -0.3 is 15.5 Å². The van der Waals surface area contributed by atoms with Gasteiger partial charge in [0, 0.05) is 31.4 Å². The number of carbonyl (C=O) groups is 2. The van der Waals surface area contributed by atoms with Crippen LogP contribution in [0.15, 0.2) is 34.1 Å². The molecular weight excluding hydrogens is 440 g/mol. The second kappa shape index (κ2) is 8.79. The van der Waals surface area contributed by atoms with Crippen LogP contribution in [0.5, 0.6) is 0 Å². The van der Waals surface area contributed by atoms with Crippen LogP contribution < -0.4 is 15.5 Å². The number of carbonyl (C=O) groups excluding carboxylic acids is 2. The first kappa shape index (κ1) is 19.8. The number of anilines is 1. The average molecular weight is 458 g/mol. The summed E-state index contributed by atoms with van der Waals surface area (Å²) in [5.74, 6) is -2.06. The molecule has 1 fully saturated rings. The molecule has 9 heteroatoms. The first-order valence-corrected chi connectivity index (χ1v) is 10.0. The Morgan fingerprint density at radius 3 is 2.70 bits per heavy atom. The van der Waals surface area contributed by atoms with Crippen molar-refractivity contribution in [2.24, 2.45) is 5.92 Å². The quantitative estimate of drug-likeness (QED) is 0.700.